The molecule has 7 heteroatoms. The van der Waals surface area contributed by atoms with Gasteiger partial charge in [-0.1, -0.05) is 12.1 Å². The van der Waals surface area contributed by atoms with Crippen molar-refractivity contribution in [2.75, 3.05) is 36.9 Å². The van der Waals surface area contributed by atoms with Crippen molar-refractivity contribution in [2.45, 2.75) is 13.5 Å². The van der Waals surface area contributed by atoms with Crippen molar-refractivity contribution < 1.29 is 9.53 Å². The monoisotopic (exact) mass is 315 g/mol. The van der Waals surface area contributed by atoms with Gasteiger partial charge in [-0.2, -0.15) is 0 Å². The largest absolute Gasteiger partial charge is 0.394 e. The van der Waals surface area contributed by atoms with Crippen LogP contribution >= 0.6 is 0 Å². The fourth-order valence-corrected chi connectivity index (χ4v) is 2.73. The topological polar surface area (TPSA) is 99.4 Å². The van der Waals surface area contributed by atoms with E-state index in [0.29, 0.717) is 50.0 Å². The van der Waals surface area contributed by atoms with Crippen LogP contribution in [0.25, 0.3) is 5.69 Å². The molecule has 1 saturated heterocycles. The lowest BCUT2D eigenvalue weighted by Crippen LogP contribution is -2.36. The van der Waals surface area contributed by atoms with Crippen LogP contribution in [0.5, 0.6) is 0 Å². The van der Waals surface area contributed by atoms with Gasteiger partial charge in [-0.05, 0) is 17.7 Å². The summed E-state index contributed by atoms with van der Waals surface area (Å²) in [5.74, 6) is 0.527. The molecule has 1 aromatic carbocycles. The molecule has 0 unspecified atom stereocenters. The smallest absolute Gasteiger partial charge is 0.180 e. The summed E-state index contributed by atoms with van der Waals surface area (Å²) in [7, 11) is 0. The maximum atomic E-state index is 12.1. The number of hydrogen-bond acceptors (Lipinski definition) is 6. The van der Waals surface area contributed by atoms with E-state index in [2.05, 4.69) is 10.00 Å². The van der Waals surface area contributed by atoms with Gasteiger partial charge in [0.2, 0.25) is 0 Å². The first kappa shape index (κ1) is 15.5. The lowest BCUT2D eigenvalue weighted by Gasteiger charge is -2.27. The van der Waals surface area contributed by atoms with Crippen LogP contribution in [0.4, 0.5) is 11.5 Å². The van der Waals surface area contributed by atoms with Gasteiger partial charge in [-0.3, -0.25) is 4.79 Å². The molecule has 0 amide bonds. The fraction of sp³-hybridized carbons (Fsp3) is 0.375. The second-order valence-corrected chi connectivity index (χ2v) is 5.52. The third-order valence-electron chi connectivity index (χ3n) is 3.96. The molecule has 1 aromatic heterocycles. The Balaban J connectivity index is 2.05. The van der Waals surface area contributed by atoms with E-state index < -0.39 is 0 Å². The average molecular weight is 315 g/mol. The van der Waals surface area contributed by atoms with E-state index in [0.717, 1.165) is 11.3 Å². The molecule has 2 heterocycles. The summed E-state index contributed by atoms with van der Waals surface area (Å²) >= 11 is 0. The Labute approximate surface area is 134 Å². The Morgan fingerprint density at radius 2 is 1.91 bits per heavy atom. The normalized spacial score (nSPS) is 15.0. The predicted molar refractivity (Wildman–Crippen MR) is 88.9 cm³/mol. The zero-order valence-corrected chi connectivity index (χ0v) is 13.2. The van der Waals surface area contributed by atoms with Gasteiger partial charge in [-0.25, -0.2) is 4.68 Å². The summed E-state index contributed by atoms with van der Waals surface area (Å²) in [5, 5.41) is 4.59. The lowest BCUT2D eigenvalue weighted by atomic mass is 10.2. The van der Waals surface area contributed by atoms with Crippen LogP contribution in [0.15, 0.2) is 24.3 Å². The van der Waals surface area contributed by atoms with Gasteiger partial charge in [0.1, 0.15) is 11.4 Å². The highest BCUT2D eigenvalue weighted by molar-refractivity contribution is 6.00. The van der Waals surface area contributed by atoms with Crippen LogP contribution in [-0.2, 0) is 11.3 Å². The Kier molecular flexibility index (Phi) is 4.31. The molecule has 0 radical (unpaired) electrons. The minimum atomic E-state index is -0.114. The molecule has 3 rings (SSSR count). The molecule has 0 atom stereocenters. The van der Waals surface area contributed by atoms with Crippen molar-refractivity contribution in [2.24, 2.45) is 5.73 Å². The third kappa shape index (κ3) is 2.93. The second kappa shape index (κ2) is 6.39. The SMILES string of the molecule is CC(=O)c1c(N)c(N2CCOCC2)nn1-c1ccc(CN)cc1. The van der Waals surface area contributed by atoms with Gasteiger partial charge < -0.3 is 21.1 Å². The number of morpholine rings is 1. The van der Waals surface area contributed by atoms with Gasteiger partial charge in [0.05, 0.1) is 18.9 Å². The van der Waals surface area contributed by atoms with E-state index in [1.54, 1.807) is 4.68 Å². The van der Waals surface area contributed by atoms with E-state index in [9.17, 15) is 4.79 Å². The molecule has 0 aliphatic carbocycles. The Hall–Kier alpha value is -2.38. The van der Waals surface area contributed by atoms with Crippen molar-refractivity contribution in [3.05, 3.63) is 35.5 Å². The van der Waals surface area contributed by atoms with Crippen LogP contribution in [0.1, 0.15) is 23.0 Å². The molecule has 23 heavy (non-hydrogen) atoms. The molecule has 1 aliphatic rings. The first-order valence-electron chi connectivity index (χ1n) is 7.63. The van der Waals surface area contributed by atoms with E-state index >= 15 is 0 Å². The number of carbonyl (C=O) groups excluding carboxylic acids is 1. The fourth-order valence-electron chi connectivity index (χ4n) is 2.73. The summed E-state index contributed by atoms with van der Waals surface area (Å²) in [5.41, 5.74) is 14.5. The van der Waals surface area contributed by atoms with Gasteiger partial charge in [0.25, 0.3) is 0 Å². The maximum Gasteiger partial charge on any atom is 0.180 e. The minimum Gasteiger partial charge on any atom is -0.394 e. The van der Waals surface area contributed by atoms with Crippen LogP contribution in [0, 0.1) is 0 Å². The van der Waals surface area contributed by atoms with Crippen LogP contribution in [0.2, 0.25) is 0 Å². The first-order chi connectivity index (χ1) is 11.1. The maximum absolute atomic E-state index is 12.1. The van der Waals surface area contributed by atoms with Crippen molar-refractivity contribution >= 4 is 17.3 Å². The summed E-state index contributed by atoms with van der Waals surface area (Å²) in [6, 6.07) is 7.63. The van der Waals surface area contributed by atoms with E-state index in [-0.39, 0.29) is 5.78 Å². The molecule has 0 spiro atoms. The molecule has 2 aromatic rings. The number of nitrogens with zero attached hydrogens (tertiary/aromatic N) is 3. The second-order valence-electron chi connectivity index (χ2n) is 5.52. The summed E-state index contributed by atoms with van der Waals surface area (Å²) < 4.78 is 6.97. The Bertz CT molecular complexity index is 702. The number of nitrogens with two attached hydrogens (primary N) is 2. The van der Waals surface area contributed by atoms with Crippen LogP contribution in [-0.4, -0.2) is 41.9 Å². The Morgan fingerprint density at radius 3 is 2.48 bits per heavy atom. The molecule has 1 aliphatic heterocycles. The number of aromatic nitrogens is 2. The van der Waals surface area contributed by atoms with Gasteiger partial charge >= 0.3 is 0 Å². The first-order valence-corrected chi connectivity index (χ1v) is 7.63. The van der Waals surface area contributed by atoms with Gasteiger partial charge in [0.15, 0.2) is 11.6 Å². The molecule has 122 valence electrons. The zero-order chi connectivity index (χ0) is 16.4. The van der Waals surface area contributed by atoms with Crippen molar-refractivity contribution in [1.29, 1.82) is 0 Å². The highest BCUT2D eigenvalue weighted by Gasteiger charge is 2.24. The van der Waals surface area contributed by atoms with Gasteiger partial charge in [-0.15, -0.1) is 5.10 Å². The molecule has 0 bridgehead atoms. The van der Waals surface area contributed by atoms with Crippen molar-refractivity contribution in [3.8, 4) is 5.69 Å². The number of anilines is 2. The number of ketones is 1. The number of benzene rings is 1. The minimum absolute atomic E-state index is 0.114. The lowest BCUT2D eigenvalue weighted by molar-refractivity contribution is 0.101. The standard InChI is InChI=1S/C16H21N5O2/c1-11(22)15-14(18)16(20-6-8-23-9-7-20)19-21(15)13-4-2-12(10-17)3-5-13/h2-5H,6-10,17-18H2,1H3. The highest BCUT2D eigenvalue weighted by atomic mass is 16.5. The third-order valence-corrected chi connectivity index (χ3v) is 3.96. The van der Waals surface area contributed by atoms with Crippen LogP contribution < -0.4 is 16.4 Å². The molecule has 7 nitrogen and oxygen atoms in total. The van der Waals surface area contributed by atoms with Gasteiger partial charge in [0, 0.05) is 26.6 Å². The van der Waals surface area contributed by atoms with E-state index in [1.165, 1.54) is 6.92 Å². The molecule has 1 fully saturated rings. The van der Waals surface area contributed by atoms with Crippen LogP contribution in [0.3, 0.4) is 0 Å². The van der Waals surface area contributed by atoms with Crippen molar-refractivity contribution in [1.82, 2.24) is 9.78 Å². The number of Topliss-reactive ketones (excluding diaryl/α,β-unsaturated/α-hetero) is 1. The summed E-state index contributed by atoms with van der Waals surface area (Å²) in [4.78, 5) is 14.1. The average Bonchev–Trinajstić information content (AvgIpc) is 2.93. The van der Waals surface area contributed by atoms with Crippen molar-refractivity contribution in [3.63, 3.8) is 0 Å². The zero-order valence-electron chi connectivity index (χ0n) is 13.2. The summed E-state index contributed by atoms with van der Waals surface area (Å²) in [6.45, 7) is 4.66. The van der Waals surface area contributed by atoms with E-state index in [1.807, 2.05) is 24.3 Å². The number of carbonyl (C=O) groups is 1. The summed E-state index contributed by atoms with van der Waals surface area (Å²) in [6.07, 6.45) is 0. The quantitative estimate of drug-likeness (QED) is 0.815. The van der Waals surface area contributed by atoms with E-state index in [4.69, 9.17) is 16.2 Å². The number of rotatable bonds is 4. The molecule has 4 N–H and O–H groups in total. The molecular formula is C16H21N5O2. The molecule has 0 saturated carbocycles. The number of nitrogen functional groups attached to an aromatic ring is 1. The predicted octanol–water partition coefficient (Wildman–Crippen LogP) is 0.952. The Morgan fingerprint density at radius 1 is 1.26 bits per heavy atom. The highest BCUT2D eigenvalue weighted by Crippen LogP contribution is 2.29. The molecular weight excluding hydrogens is 294 g/mol. The number of hydrogen-bond donors (Lipinski definition) is 2. The number of ether oxygens (including phenoxy) is 1.